The molecule has 1 heterocycles. The Labute approximate surface area is 201 Å². The second-order valence-corrected chi connectivity index (χ2v) is 9.21. The van der Waals surface area contributed by atoms with Gasteiger partial charge in [-0.3, -0.25) is 9.59 Å². The molecule has 2 amide bonds. The zero-order chi connectivity index (χ0) is 26.2. The third-order valence-corrected chi connectivity index (χ3v) is 5.28. The molecule has 0 fully saturated rings. The number of aromatic nitrogens is 1. The highest BCUT2D eigenvalue weighted by molar-refractivity contribution is 6.31. The molecule has 12 heteroatoms. The van der Waals surface area contributed by atoms with Crippen molar-refractivity contribution in [1.29, 1.82) is 0 Å². The van der Waals surface area contributed by atoms with Gasteiger partial charge in [0.15, 0.2) is 23.3 Å². The Balaban J connectivity index is 2.27. The number of carbonyl (C=O) groups is 3. The Bertz CT molecular complexity index is 1310. The van der Waals surface area contributed by atoms with E-state index >= 15 is 0 Å². The summed E-state index contributed by atoms with van der Waals surface area (Å²) in [6.45, 7) is 3.75. The molecule has 3 N–H and O–H groups in total. The van der Waals surface area contributed by atoms with E-state index in [4.69, 9.17) is 11.6 Å². The van der Waals surface area contributed by atoms with Crippen molar-refractivity contribution < 1.29 is 37.1 Å². The number of nitrogens with one attached hydrogen (secondary N) is 2. The van der Waals surface area contributed by atoms with Crippen molar-refractivity contribution in [2.45, 2.75) is 38.9 Å². The normalized spacial score (nSPS) is 12.5. The molecule has 0 radical (unpaired) electrons. The molecular formula is C23H20ClF4N3O4. The van der Waals surface area contributed by atoms with Crippen LogP contribution in [0.5, 0.6) is 0 Å². The van der Waals surface area contributed by atoms with Gasteiger partial charge in [-0.25, -0.2) is 22.4 Å². The van der Waals surface area contributed by atoms with Crippen molar-refractivity contribution in [1.82, 2.24) is 15.2 Å². The van der Waals surface area contributed by atoms with E-state index in [1.165, 1.54) is 18.2 Å². The zero-order valence-corrected chi connectivity index (χ0v) is 19.4. The van der Waals surface area contributed by atoms with E-state index in [1.54, 1.807) is 20.8 Å². The molecule has 0 spiro atoms. The number of benzene rings is 2. The van der Waals surface area contributed by atoms with Crippen LogP contribution < -0.4 is 5.32 Å². The number of hydrogen-bond donors (Lipinski definition) is 3. The predicted octanol–water partition coefficient (Wildman–Crippen LogP) is 4.69. The van der Waals surface area contributed by atoms with Gasteiger partial charge in [0.2, 0.25) is 12.3 Å². The SMILES string of the molecule is CC(C)(C)NC(=O)C(c1c(C(=O)O)[nH]c2cc(Cl)ccc12)N(C=O)Cc1c(F)c(F)cc(F)c1F. The third-order valence-electron chi connectivity index (χ3n) is 5.05. The minimum absolute atomic E-state index is 0.00908. The molecule has 1 atom stereocenters. The van der Waals surface area contributed by atoms with Gasteiger partial charge in [0.25, 0.3) is 0 Å². The molecule has 1 unspecified atom stereocenters. The Morgan fingerprint density at radius 2 is 1.74 bits per heavy atom. The lowest BCUT2D eigenvalue weighted by Gasteiger charge is -2.31. The summed E-state index contributed by atoms with van der Waals surface area (Å²) >= 11 is 5.98. The molecule has 1 aromatic heterocycles. The van der Waals surface area contributed by atoms with Crippen LogP contribution in [0.3, 0.4) is 0 Å². The van der Waals surface area contributed by atoms with Crippen LogP contribution in [0.1, 0.15) is 48.4 Å². The molecular weight excluding hydrogens is 494 g/mol. The summed E-state index contributed by atoms with van der Waals surface area (Å²) in [5.74, 6) is -9.31. The average Bonchev–Trinajstić information content (AvgIpc) is 3.11. The second-order valence-electron chi connectivity index (χ2n) is 8.77. The van der Waals surface area contributed by atoms with Gasteiger partial charge in [-0.05, 0) is 32.9 Å². The summed E-state index contributed by atoms with van der Waals surface area (Å²) < 4.78 is 56.3. The molecule has 3 rings (SSSR count). The zero-order valence-electron chi connectivity index (χ0n) is 18.7. The number of carbonyl (C=O) groups excluding carboxylic acids is 2. The summed E-state index contributed by atoms with van der Waals surface area (Å²) in [7, 11) is 0. The highest BCUT2D eigenvalue weighted by Gasteiger charge is 2.36. The smallest absolute Gasteiger partial charge is 0.352 e. The number of H-pyrrole nitrogens is 1. The highest BCUT2D eigenvalue weighted by Crippen LogP contribution is 2.35. The van der Waals surface area contributed by atoms with Gasteiger partial charge in [-0.1, -0.05) is 17.7 Å². The molecule has 186 valence electrons. The number of rotatable bonds is 7. The summed E-state index contributed by atoms with van der Waals surface area (Å²) in [6.07, 6.45) is 0.0367. The van der Waals surface area contributed by atoms with Crippen LogP contribution in [-0.4, -0.2) is 38.8 Å². The number of aromatic carboxylic acids is 1. The first-order valence-electron chi connectivity index (χ1n) is 10.1. The first-order chi connectivity index (χ1) is 16.2. The van der Waals surface area contributed by atoms with E-state index in [2.05, 4.69) is 10.3 Å². The summed E-state index contributed by atoms with van der Waals surface area (Å²) in [4.78, 5) is 40.7. The van der Waals surface area contributed by atoms with E-state index < -0.39 is 64.5 Å². The summed E-state index contributed by atoms with van der Waals surface area (Å²) in [5.41, 5.74) is -2.52. The minimum atomic E-state index is -1.77. The van der Waals surface area contributed by atoms with Crippen LogP contribution in [0.4, 0.5) is 17.6 Å². The Morgan fingerprint density at radius 3 is 2.26 bits per heavy atom. The first-order valence-corrected chi connectivity index (χ1v) is 10.5. The lowest BCUT2D eigenvalue weighted by atomic mass is 9.98. The molecule has 0 aliphatic heterocycles. The van der Waals surface area contributed by atoms with Crippen molar-refractivity contribution in [2.75, 3.05) is 0 Å². The van der Waals surface area contributed by atoms with Gasteiger partial charge >= 0.3 is 5.97 Å². The summed E-state index contributed by atoms with van der Waals surface area (Å²) in [6, 6.07) is 2.45. The topological polar surface area (TPSA) is 102 Å². The van der Waals surface area contributed by atoms with Crippen LogP contribution in [0.2, 0.25) is 5.02 Å². The lowest BCUT2D eigenvalue weighted by Crippen LogP contribution is -2.47. The van der Waals surface area contributed by atoms with Crippen molar-refractivity contribution in [2.24, 2.45) is 0 Å². The first kappa shape index (κ1) is 26.0. The van der Waals surface area contributed by atoms with Crippen LogP contribution in [0, 0.1) is 23.3 Å². The number of halogens is 5. The molecule has 0 saturated carbocycles. The van der Waals surface area contributed by atoms with Crippen molar-refractivity contribution in [3.8, 4) is 0 Å². The van der Waals surface area contributed by atoms with Gasteiger partial charge < -0.3 is 20.3 Å². The number of fused-ring (bicyclic) bond motifs is 1. The molecule has 0 aliphatic carbocycles. The Morgan fingerprint density at radius 1 is 1.14 bits per heavy atom. The molecule has 3 aromatic rings. The van der Waals surface area contributed by atoms with E-state index in [0.29, 0.717) is 4.90 Å². The van der Waals surface area contributed by atoms with Crippen molar-refractivity contribution in [3.63, 3.8) is 0 Å². The largest absolute Gasteiger partial charge is 0.477 e. The fourth-order valence-corrected chi connectivity index (χ4v) is 3.84. The second kappa shape index (κ2) is 9.57. The maximum Gasteiger partial charge on any atom is 0.352 e. The van der Waals surface area contributed by atoms with Crippen LogP contribution in [-0.2, 0) is 16.1 Å². The quantitative estimate of drug-likeness (QED) is 0.242. The highest BCUT2D eigenvalue weighted by atomic mass is 35.5. The number of hydrogen-bond acceptors (Lipinski definition) is 3. The van der Waals surface area contributed by atoms with E-state index in [9.17, 15) is 37.1 Å². The number of carboxylic acids is 1. The number of nitrogens with zero attached hydrogens (tertiary/aromatic N) is 1. The van der Waals surface area contributed by atoms with Gasteiger partial charge in [0, 0.05) is 38.7 Å². The van der Waals surface area contributed by atoms with E-state index in [-0.39, 0.29) is 34.0 Å². The minimum Gasteiger partial charge on any atom is -0.477 e. The van der Waals surface area contributed by atoms with Crippen LogP contribution in [0.15, 0.2) is 24.3 Å². The Hall–Kier alpha value is -3.60. The van der Waals surface area contributed by atoms with Gasteiger partial charge in [0.05, 0.1) is 6.54 Å². The standard InChI is InChI=1S/C23H20ClF4N3O4/c1-23(2,3)30-21(33)20(16-11-5-4-10(24)6-15(11)29-19(16)22(34)35)31(9-32)8-12-17(27)13(25)7-14(26)18(12)28/h4-7,9,20,29H,8H2,1-3H3,(H,30,33)(H,34,35). The molecule has 0 aliphatic rings. The molecule has 2 aromatic carbocycles. The van der Waals surface area contributed by atoms with E-state index in [1.807, 2.05) is 0 Å². The van der Waals surface area contributed by atoms with Crippen molar-refractivity contribution >= 4 is 40.8 Å². The molecule has 0 bridgehead atoms. The molecule has 7 nitrogen and oxygen atoms in total. The lowest BCUT2D eigenvalue weighted by molar-refractivity contribution is -0.134. The van der Waals surface area contributed by atoms with E-state index in [0.717, 1.165) is 0 Å². The average molecular weight is 514 g/mol. The maximum absolute atomic E-state index is 14.4. The van der Waals surface area contributed by atoms with Gasteiger partial charge in [0.1, 0.15) is 11.7 Å². The van der Waals surface area contributed by atoms with Gasteiger partial charge in [-0.2, -0.15) is 0 Å². The Kier molecular flexibility index (Phi) is 7.11. The summed E-state index contributed by atoms with van der Waals surface area (Å²) in [5, 5.41) is 12.8. The number of carboxylic acid groups (broad SMARTS) is 1. The third kappa shape index (κ3) is 5.24. The van der Waals surface area contributed by atoms with Crippen molar-refractivity contribution in [3.05, 3.63) is 69.4 Å². The fraction of sp³-hybridized carbons (Fsp3) is 0.261. The maximum atomic E-state index is 14.4. The molecule has 35 heavy (non-hydrogen) atoms. The number of amides is 2. The monoisotopic (exact) mass is 513 g/mol. The fourth-order valence-electron chi connectivity index (χ4n) is 3.66. The van der Waals surface area contributed by atoms with Crippen LogP contribution >= 0.6 is 11.6 Å². The molecule has 0 saturated heterocycles. The number of aromatic amines is 1. The van der Waals surface area contributed by atoms with Crippen LogP contribution in [0.25, 0.3) is 10.9 Å². The predicted molar refractivity (Wildman–Crippen MR) is 119 cm³/mol. The van der Waals surface area contributed by atoms with Gasteiger partial charge in [-0.15, -0.1) is 0 Å².